The fourth-order valence-electron chi connectivity index (χ4n) is 2.85. The number of hydrogen-bond donors (Lipinski definition) is 2. The van der Waals surface area contributed by atoms with E-state index >= 15 is 0 Å². The van der Waals surface area contributed by atoms with Crippen molar-refractivity contribution >= 4 is 11.8 Å². The molecule has 2 heterocycles. The Morgan fingerprint density at radius 3 is 2.68 bits per heavy atom. The summed E-state index contributed by atoms with van der Waals surface area (Å²) in [5, 5.41) is 5.82. The maximum absolute atomic E-state index is 12.0. The third-order valence-electron chi connectivity index (χ3n) is 4.36. The molecule has 0 aliphatic carbocycles. The molecule has 2 aliphatic heterocycles. The molecule has 0 bridgehead atoms. The molecule has 0 aromatic rings. The van der Waals surface area contributed by atoms with Crippen molar-refractivity contribution in [3.8, 4) is 0 Å². The van der Waals surface area contributed by atoms with E-state index in [0.717, 1.165) is 26.2 Å². The molecule has 2 saturated heterocycles. The molecule has 2 N–H and O–H groups in total. The molecule has 0 aromatic carbocycles. The fraction of sp³-hybridized carbons (Fsp3) is 0.857. The summed E-state index contributed by atoms with van der Waals surface area (Å²) in [6, 6.07) is 0. The van der Waals surface area contributed by atoms with E-state index in [1.807, 2.05) is 0 Å². The molecule has 2 rings (SSSR count). The third kappa shape index (κ3) is 4.20. The number of amides is 2. The average Bonchev–Trinajstić information content (AvgIpc) is 2.46. The van der Waals surface area contributed by atoms with Crippen LogP contribution in [0, 0.1) is 11.8 Å². The highest BCUT2D eigenvalue weighted by molar-refractivity contribution is 5.83. The highest BCUT2D eigenvalue weighted by atomic mass is 16.2. The fourth-order valence-corrected chi connectivity index (χ4v) is 2.85. The summed E-state index contributed by atoms with van der Waals surface area (Å²) in [6.07, 6.45) is 3.52. The lowest BCUT2D eigenvalue weighted by Gasteiger charge is -2.31. The van der Waals surface area contributed by atoms with Crippen molar-refractivity contribution in [2.75, 3.05) is 32.7 Å². The quantitative estimate of drug-likeness (QED) is 0.773. The Hall–Kier alpha value is -1.10. The molecule has 2 amide bonds. The van der Waals surface area contributed by atoms with Gasteiger partial charge in [0.15, 0.2) is 0 Å². The van der Waals surface area contributed by atoms with Crippen LogP contribution in [-0.4, -0.2) is 49.4 Å². The van der Waals surface area contributed by atoms with Crippen molar-refractivity contribution in [3.05, 3.63) is 0 Å². The molecular weight excluding hydrogens is 242 g/mol. The Labute approximate surface area is 115 Å². The monoisotopic (exact) mass is 267 g/mol. The number of nitrogens with zero attached hydrogens (tertiary/aromatic N) is 1. The van der Waals surface area contributed by atoms with Crippen LogP contribution in [0.3, 0.4) is 0 Å². The maximum Gasteiger partial charge on any atom is 0.224 e. The SMILES string of the molecule is CCN1CCC(CNC(=O)C2CCC(=O)NC2)CC1. The van der Waals surface area contributed by atoms with Gasteiger partial charge in [-0.25, -0.2) is 0 Å². The minimum Gasteiger partial charge on any atom is -0.356 e. The molecular formula is C14H25N3O2. The van der Waals surface area contributed by atoms with Crippen molar-refractivity contribution in [1.82, 2.24) is 15.5 Å². The average molecular weight is 267 g/mol. The zero-order valence-corrected chi connectivity index (χ0v) is 11.8. The first-order chi connectivity index (χ1) is 9.19. The van der Waals surface area contributed by atoms with Crippen molar-refractivity contribution in [2.45, 2.75) is 32.6 Å². The number of nitrogens with one attached hydrogen (secondary N) is 2. The summed E-state index contributed by atoms with van der Waals surface area (Å²) in [7, 11) is 0. The van der Waals surface area contributed by atoms with E-state index in [4.69, 9.17) is 0 Å². The summed E-state index contributed by atoms with van der Waals surface area (Å²) in [6.45, 7) is 6.91. The van der Waals surface area contributed by atoms with Crippen molar-refractivity contribution in [1.29, 1.82) is 0 Å². The minimum absolute atomic E-state index is 0.0339. The Morgan fingerprint density at radius 1 is 1.37 bits per heavy atom. The van der Waals surface area contributed by atoms with E-state index in [2.05, 4.69) is 22.5 Å². The van der Waals surface area contributed by atoms with Gasteiger partial charge in [-0.3, -0.25) is 9.59 Å². The third-order valence-corrected chi connectivity index (χ3v) is 4.36. The predicted octanol–water partition coefficient (Wildman–Crippen LogP) is 0.361. The van der Waals surface area contributed by atoms with Gasteiger partial charge < -0.3 is 15.5 Å². The molecule has 1 atom stereocenters. The van der Waals surface area contributed by atoms with Gasteiger partial charge >= 0.3 is 0 Å². The molecule has 1 unspecified atom stereocenters. The van der Waals surface area contributed by atoms with Crippen LogP contribution in [-0.2, 0) is 9.59 Å². The predicted molar refractivity (Wildman–Crippen MR) is 73.6 cm³/mol. The van der Waals surface area contributed by atoms with E-state index < -0.39 is 0 Å². The van der Waals surface area contributed by atoms with Gasteiger partial charge in [0.05, 0.1) is 5.92 Å². The Kier molecular flexibility index (Phi) is 5.19. The normalized spacial score (nSPS) is 25.9. The van der Waals surface area contributed by atoms with Crippen molar-refractivity contribution < 1.29 is 9.59 Å². The largest absolute Gasteiger partial charge is 0.356 e. The maximum atomic E-state index is 12.0. The topological polar surface area (TPSA) is 61.4 Å². The number of rotatable bonds is 4. The second kappa shape index (κ2) is 6.89. The highest BCUT2D eigenvalue weighted by Crippen LogP contribution is 2.16. The second-order valence-corrected chi connectivity index (χ2v) is 5.66. The lowest BCUT2D eigenvalue weighted by atomic mass is 9.95. The van der Waals surface area contributed by atoms with Crippen LogP contribution < -0.4 is 10.6 Å². The summed E-state index contributed by atoms with van der Waals surface area (Å²) < 4.78 is 0. The van der Waals surface area contributed by atoms with Gasteiger partial charge in [0.2, 0.25) is 11.8 Å². The smallest absolute Gasteiger partial charge is 0.224 e. The summed E-state index contributed by atoms with van der Waals surface area (Å²) >= 11 is 0. The molecule has 19 heavy (non-hydrogen) atoms. The van der Waals surface area contributed by atoms with Crippen LogP contribution in [0.1, 0.15) is 32.6 Å². The Bertz CT molecular complexity index is 315. The molecule has 2 fully saturated rings. The molecule has 0 aromatic heterocycles. The van der Waals surface area contributed by atoms with Crippen molar-refractivity contribution in [3.63, 3.8) is 0 Å². The number of piperidine rings is 2. The van der Waals surface area contributed by atoms with Gasteiger partial charge in [-0.15, -0.1) is 0 Å². The number of hydrogen-bond acceptors (Lipinski definition) is 3. The first-order valence-corrected chi connectivity index (χ1v) is 7.45. The van der Waals surface area contributed by atoms with Gasteiger partial charge in [0, 0.05) is 19.5 Å². The zero-order chi connectivity index (χ0) is 13.7. The zero-order valence-electron chi connectivity index (χ0n) is 11.8. The van der Waals surface area contributed by atoms with Gasteiger partial charge in [0.25, 0.3) is 0 Å². The minimum atomic E-state index is -0.0339. The first kappa shape index (κ1) is 14.3. The van der Waals surface area contributed by atoms with Gasteiger partial charge in [-0.1, -0.05) is 6.92 Å². The van der Waals surface area contributed by atoms with Gasteiger partial charge in [-0.2, -0.15) is 0 Å². The van der Waals surface area contributed by atoms with E-state index in [1.165, 1.54) is 12.8 Å². The first-order valence-electron chi connectivity index (χ1n) is 7.45. The van der Waals surface area contributed by atoms with E-state index in [9.17, 15) is 9.59 Å². The van der Waals surface area contributed by atoms with E-state index in [1.54, 1.807) is 0 Å². The lowest BCUT2D eigenvalue weighted by Crippen LogP contribution is -2.45. The summed E-state index contributed by atoms with van der Waals surface area (Å²) in [5.74, 6) is 0.757. The molecule has 108 valence electrons. The number of carbonyl (C=O) groups is 2. The Morgan fingerprint density at radius 2 is 2.11 bits per heavy atom. The van der Waals surface area contributed by atoms with Crippen LogP contribution in [0.25, 0.3) is 0 Å². The van der Waals surface area contributed by atoms with Crippen LogP contribution in [0.2, 0.25) is 0 Å². The molecule has 5 nitrogen and oxygen atoms in total. The second-order valence-electron chi connectivity index (χ2n) is 5.66. The molecule has 5 heteroatoms. The molecule has 0 radical (unpaired) electrons. The van der Waals surface area contributed by atoms with E-state index in [0.29, 0.717) is 25.3 Å². The number of carbonyl (C=O) groups excluding carboxylic acids is 2. The Balaban J connectivity index is 1.65. The standard InChI is InChI=1S/C14H25N3O2/c1-2-17-7-5-11(6-8-17)9-16-14(19)12-3-4-13(18)15-10-12/h11-12H,2-10H2,1H3,(H,15,18)(H,16,19). The molecule has 2 aliphatic rings. The van der Waals surface area contributed by atoms with Crippen molar-refractivity contribution in [2.24, 2.45) is 11.8 Å². The van der Waals surface area contributed by atoms with Gasteiger partial charge in [0.1, 0.15) is 0 Å². The summed E-state index contributed by atoms with van der Waals surface area (Å²) in [4.78, 5) is 25.5. The number of likely N-dealkylation sites (tertiary alicyclic amines) is 1. The molecule has 0 spiro atoms. The lowest BCUT2D eigenvalue weighted by molar-refractivity contribution is -0.129. The molecule has 0 saturated carbocycles. The van der Waals surface area contributed by atoms with Crippen LogP contribution in [0.15, 0.2) is 0 Å². The van der Waals surface area contributed by atoms with Crippen LogP contribution >= 0.6 is 0 Å². The van der Waals surface area contributed by atoms with Gasteiger partial charge in [-0.05, 0) is 44.8 Å². The van der Waals surface area contributed by atoms with E-state index in [-0.39, 0.29) is 17.7 Å². The highest BCUT2D eigenvalue weighted by Gasteiger charge is 2.25. The van der Waals surface area contributed by atoms with Crippen LogP contribution in [0.4, 0.5) is 0 Å². The van der Waals surface area contributed by atoms with Crippen LogP contribution in [0.5, 0.6) is 0 Å². The summed E-state index contributed by atoms with van der Waals surface area (Å²) in [5.41, 5.74) is 0.